The van der Waals surface area contributed by atoms with Crippen molar-refractivity contribution in [3.8, 4) is 17.6 Å². The lowest BCUT2D eigenvalue weighted by molar-refractivity contribution is 0.476. The topological polar surface area (TPSA) is 33.0 Å². The van der Waals surface area contributed by atoms with Crippen molar-refractivity contribution >= 4 is 0 Å². The summed E-state index contributed by atoms with van der Waals surface area (Å²) in [5, 5.41) is 8.57. The first-order valence-corrected chi connectivity index (χ1v) is 4.72. The summed E-state index contributed by atoms with van der Waals surface area (Å²) in [6.07, 6.45) is 0. The highest BCUT2D eigenvalue weighted by Crippen LogP contribution is 2.22. The van der Waals surface area contributed by atoms with E-state index in [0.29, 0.717) is 11.5 Å². The predicted molar refractivity (Wildman–Crippen MR) is 57.6 cm³/mol. The molecule has 0 aromatic heterocycles. The molecule has 0 unspecified atom stereocenters. The highest BCUT2D eigenvalue weighted by atomic mass is 19.1. The normalized spacial score (nSPS) is 9.50. The summed E-state index contributed by atoms with van der Waals surface area (Å²) in [6, 6.07) is 15.0. The molecule has 0 fully saturated rings. The second-order valence-corrected chi connectivity index (χ2v) is 3.17. The molecule has 16 heavy (non-hydrogen) atoms. The highest BCUT2D eigenvalue weighted by Gasteiger charge is 2.03. The maximum Gasteiger partial charge on any atom is 0.144 e. The van der Waals surface area contributed by atoms with E-state index >= 15 is 0 Å². The number of hydrogen-bond acceptors (Lipinski definition) is 2. The lowest BCUT2D eigenvalue weighted by atomic mass is 10.2. The van der Waals surface area contributed by atoms with Gasteiger partial charge in [0.1, 0.15) is 23.4 Å². The zero-order chi connectivity index (χ0) is 11.4. The maximum atomic E-state index is 13.3. The summed E-state index contributed by atoms with van der Waals surface area (Å²) in [5.41, 5.74) is 0.0143. The van der Waals surface area contributed by atoms with Crippen molar-refractivity contribution in [2.24, 2.45) is 0 Å². The van der Waals surface area contributed by atoms with E-state index in [1.54, 1.807) is 24.3 Å². The van der Waals surface area contributed by atoms with Gasteiger partial charge in [-0.05, 0) is 24.3 Å². The number of ether oxygens (including phenoxy) is 1. The molecule has 2 aromatic rings. The van der Waals surface area contributed by atoms with Crippen LogP contribution in [-0.2, 0) is 0 Å². The third-order valence-electron chi connectivity index (χ3n) is 2.04. The van der Waals surface area contributed by atoms with E-state index in [4.69, 9.17) is 10.00 Å². The number of halogens is 1. The first-order chi connectivity index (χ1) is 7.79. The molecule has 0 amide bonds. The van der Waals surface area contributed by atoms with Crippen LogP contribution in [0.1, 0.15) is 5.56 Å². The fourth-order valence-electron chi connectivity index (χ4n) is 1.27. The number of hydrogen-bond donors (Lipinski definition) is 0. The van der Waals surface area contributed by atoms with Crippen LogP contribution in [0.25, 0.3) is 0 Å². The Morgan fingerprint density at radius 1 is 1.00 bits per heavy atom. The van der Waals surface area contributed by atoms with E-state index in [1.165, 1.54) is 12.1 Å². The van der Waals surface area contributed by atoms with Gasteiger partial charge in [-0.1, -0.05) is 18.2 Å². The Hall–Kier alpha value is -2.34. The van der Waals surface area contributed by atoms with Gasteiger partial charge in [0.05, 0.1) is 5.56 Å². The van der Waals surface area contributed by atoms with Gasteiger partial charge in [-0.2, -0.15) is 5.26 Å². The molecule has 0 aliphatic carbocycles. The van der Waals surface area contributed by atoms with Crippen LogP contribution < -0.4 is 4.74 Å². The summed E-state index contributed by atoms with van der Waals surface area (Å²) in [5.74, 6) is 0.435. The van der Waals surface area contributed by atoms with Gasteiger partial charge in [-0.3, -0.25) is 0 Å². The zero-order valence-corrected chi connectivity index (χ0v) is 8.35. The standard InChI is InChI=1S/C13H8FNO/c14-13-8-12(7-6-10(13)9-15)16-11-4-2-1-3-5-11/h1-8H. The van der Waals surface area contributed by atoms with Gasteiger partial charge in [0, 0.05) is 6.07 Å². The Balaban J connectivity index is 2.24. The molecule has 0 saturated carbocycles. The Morgan fingerprint density at radius 3 is 2.38 bits per heavy atom. The molecule has 0 aliphatic rings. The van der Waals surface area contributed by atoms with Gasteiger partial charge in [0.2, 0.25) is 0 Å². The van der Waals surface area contributed by atoms with Crippen molar-refractivity contribution in [2.45, 2.75) is 0 Å². The predicted octanol–water partition coefficient (Wildman–Crippen LogP) is 3.49. The van der Waals surface area contributed by atoms with E-state index in [9.17, 15) is 4.39 Å². The van der Waals surface area contributed by atoms with Gasteiger partial charge in [-0.15, -0.1) is 0 Å². The number of para-hydroxylation sites is 1. The van der Waals surface area contributed by atoms with Gasteiger partial charge in [-0.25, -0.2) is 4.39 Å². The Kier molecular flexibility index (Phi) is 2.84. The highest BCUT2D eigenvalue weighted by molar-refractivity contribution is 5.38. The monoisotopic (exact) mass is 213 g/mol. The van der Waals surface area contributed by atoms with Gasteiger partial charge < -0.3 is 4.74 Å². The second-order valence-electron chi connectivity index (χ2n) is 3.17. The fraction of sp³-hybridized carbons (Fsp3) is 0. The minimum atomic E-state index is -0.573. The summed E-state index contributed by atoms with van der Waals surface area (Å²) < 4.78 is 18.7. The SMILES string of the molecule is N#Cc1ccc(Oc2ccccc2)cc1F. The summed E-state index contributed by atoms with van der Waals surface area (Å²) in [6.45, 7) is 0. The molecule has 78 valence electrons. The molecule has 2 aromatic carbocycles. The van der Waals surface area contributed by atoms with Crippen molar-refractivity contribution in [2.75, 3.05) is 0 Å². The molecular weight excluding hydrogens is 205 g/mol. The Morgan fingerprint density at radius 2 is 1.75 bits per heavy atom. The third-order valence-corrected chi connectivity index (χ3v) is 2.04. The maximum absolute atomic E-state index is 13.3. The van der Waals surface area contributed by atoms with E-state index in [0.717, 1.165) is 0 Å². The minimum absolute atomic E-state index is 0.0143. The first kappa shape index (κ1) is 10.2. The van der Waals surface area contributed by atoms with Gasteiger partial charge in [0.15, 0.2) is 0 Å². The molecule has 0 N–H and O–H groups in total. The van der Waals surface area contributed by atoms with Crippen LogP contribution in [0, 0.1) is 17.1 Å². The second kappa shape index (κ2) is 4.45. The molecule has 0 aliphatic heterocycles. The smallest absolute Gasteiger partial charge is 0.144 e. The fourth-order valence-corrected chi connectivity index (χ4v) is 1.27. The molecule has 2 rings (SSSR count). The van der Waals surface area contributed by atoms with Crippen LogP contribution in [0.4, 0.5) is 4.39 Å². The minimum Gasteiger partial charge on any atom is -0.457 e. The number of rotatable bonds is 2. The van der Waals surface area contributed by atoms with E-state index in [-0.39, 0.29) is 5.56 Å². The molecule has 0 spiro atoms. The average Bonchev–Trinajstić information content (AvgIpc) is 2.31. The molecule has 0 atom stereocenters. The van der Waals surface area contributed by atoms with E-state index < -0.39 is 5.82 Å². The number of benzene rings is 2. The van der Waals surface area contributed by atoms with Gasteiger partial charge in [0.25, 0.3) is 0 Å². The zero-order valence-electron chi connectivity index (χ0n) is 8.35. The first-order valence-electron chi connectivity index (χ1n) is 4.72. The third kappa shape index (κ3) is 2.18. The van der Waals surface area contributed by atoms with Crippen molar-refractivity contribution in [1.82, 2.24) is 0 Å². The molecule has 3 heteroatoms. The van der Waals surface area contributed by atoms with Gasteiger partial charge >= 0.3 is 0 Å². The lowest BCUT2D eigenvalue weighted by Gasteiger charge is -2.05. The average molecular weight is 213 g/mol. The molecule has 0 bridgehead atoms. The Labute approximate surface area is 92.5 Å². The van der Waals surface area contributed by atoms with Crippen LogP contribution in [0.5, 0.6) is 11.5 Å². The van der Waals surface area contributed by atoms with Crippen LogP contribution in [0.3, 0.4) is 0 Å². The van der Waals surface area contributed by atoms with E-state index in [2.05, 4.69) is 0 Å². The van der Waals surface area contributed by atoms with Crippen LogP contribution in [-0.4, -0.2) is 0 Å². The Bertz CT molecular complexity index is 531. The molecule has 2 nitrogen and oxygen atoms in total. The molecule has 0 saturated heterocycles. The largest absolute Gasteiger partial charge is 0.457 e. The van der Waals surface area contributed by atoms with Crippen molar-refractivity contribution in [3.63, 3.8) is 0 Å². The summed E-state index contributed by atoms with van der Waals surface area (Å²) >= 11 is 0. The molecular formula is C13H8FNO. The number of nitriles is 1. The van der Waals surface area contributed by atoms with Crippen LogP contribution in [0.2, 0.25) is 0 Å². The van der Waals surface area contributed by atoms with Crippen LogP contribution in [0.15, 0.2) is 48.5 Å². The van der Waals surface area contributed by atoms with Crippen molar-refractivity contribution in [3.05, 3.63) is 59.9 Å². The lowest BCUT2D eigenvalue weighted by Crippen LogP contribution is -1.87. The quantitative estimate of drug-likeness (QED) is 0.764. The van der Waals surface area contributed by atoms with Crippen molar-refractivity contribution < 1.29 is 9.13 Å². The number of nitrogens with zero attached hydrogens (tertiary/aromatic N) is 1. The molecule has 0 radical (unpaired) electrons. The molecule has 0 heterocycles. The summed E-state index contributed by atoms with van der Waals surface area (Å²) in [4.78, 5) is 0. The van der Waals surface area contributed by atoms with Crippen LogP contribution >= 0.6 is 0 Å². The van der Waals surface area contributed by atoms with Crippen molar-refractivity contribution in [1.29, 1.82) is 5.26 Å². The summed E-state index contributed by atoms with van der Waals surface area (Å²) in [7, 11) is 0. The van der Waals surface area contributed by atoms with E-state index in [1.807, 2.05) is 18.2 Å².